The molecule has 1 aliphatic rings. The van der Waals surface area contributed by atoms with Crippen LogP contribution in [0.25, 0.3) is 0 Å². The van der Waals surface area contributed by atoms with Crippen molar-refractivity contribution in [3.63, 3.8) is 0 Å². The van der Waals surface area contributed by atoms with E-state index in [0.717, 1.165) is 49.6 Å². The monoisotopic (exact) mass is 394 g/mol. The highest BCUT2D eigenvalue weighted by atomic mass is 16.2. The molecule has 3 heterocycles. The number of amides is 1. The Hall–Kier alpha value is -2.80. The topological polar surface area (TPSA) is 74.2 Å². The molecular weight excluding hydrogens is 364 g/mol. The number of carbonyl (C=O) groups is 1. The van der Waals surface area contributed by atoms with Gasteiger partial charge in [0.15, 0.2) is 5.82 Å². The minimum absolute atomic E-state index is 0.0246. The van der Waals surface area contributed by atoms with Crippen LogP contribution in [0.5, 0.6) is 0 Å². The average Bonchev–Trinajstić information content (AvgIpc) is 2.67. The molecule has 0 radical (unpaired) electrons. The van der Waals surface area contributed by atoms with Crippen LogP contribution in [0, 0.1) is 13.8 Å². The van der Waals surface area contributed by atoms with Gasteiger partial charge >= 0.3 is 0 Å². The van der Waals surface area contributed by atoms with Gasteiger partial charge in [0.25, 0.3) is 0 Å². The first-order chi connectivity index (χ1) is 13.9. The van der Waals surface area contributed by atoms with Crippen molar-refractivity contribution in [1.82, 2.24) is 24.8 Å². The lowest BCUT2D eigenvalue weighted by Gasteiger charge is -2.34. The van der Waals surface area contributed by atoms with Gasteiger partial charge in [-0.1, -0.05) is 12.1 Å². The van der Waals surface area contributed by atoms with E-state index in [2.05, 4.69) is 15.3 Å². The van der Waals surface area contributed by atoms with Crippen LogP contribution in [-0.4, -0.2) is 57.8 Å². The highest BCUT2D eigenvalue weighted by molar-refractivity contribution is 5.88. The lowest BCUT2D eigenvalue weighted by atomic mass is 10.0. The normalized spacial score (nSPS) is 17.1. The third-order valence-electron chi connectivity index (χ3n) is 4.83. The van der Waals surface area contributed by atoms with Gasteiger partial charge in [-0.25, -0.2) is 15.0 Å². The fraction of sp³-hybridized carbons (Fsp3) is 0.455. The van der Waals surface area contributed by atoms with Crippen molar-refractivity contribution in [2.75, 3.05) is 32.5 Å². The molecule has 154 valence electrons. The molecule has 0 saturated carbocycles. The summed E-state index contributed by atoms with van der Waals surface area (Å²) in [5.74, 6) is 2.16. The standard InChI is InChI=1S/C22H30N6O/c1-16-9-7-11-19(23-16)25-20-15-17(2)24-22(26-20)18-10-5-6-14-28(18)21(29)12-8-13-27(3)4/h7-9,11-12,15,18H,5-6,10,13-14H2,1-4H3,(H,23,24,25,26). The number of aromatic nitrogens is 3. The summed E-state index contributed by atoms with van der Waals surface area (Å²) in [4.78, 5) is 30.6. The van der Waals surface area contributed by atoms with Gasteiger partial charge in [-0.3, -0.25) is 4.79 Å². The molecule has 29 heavy (non-hydrogen) atoms. The van der Waals surface area contributed by atoms with Crippen LogP contribution in [0.4, 0.5) is 11.6 Å². The lowest BCUT2D eigenvalue weighted by molar-refractivity contribution is -0.129. The minimum Gasteiger partial charge on any atom is -0.329 e. The molecule has 1 aliphatic heterocycles. The van der Waals surface area contributed by atoms with E-state index in [1.807, 2.05) is 68.1 Å². The summed E-state index contributed by atoms with van der Waals surface area (Å²) in [5, 5.41) is 3.27. The first-order valence-electron chi connectivity index (χ1n) is 10.1. The van der Waals surface area contributed by atoms with Gasteiger partial charge in [-0.05, 0) is 59.3 Å². The second kappa shape index (κ2) is 9.60. The zero-order valence-corrected chi connectivity index (χ0v) is 17.7. The molecule has 3 rings (SSSR count). The van der Waals surface area contributed by atoms with Gasteiger partial charge < -0.3 is 15.1 Å². The number of nitrogens with zero attached hydrogens (tertiary/aromatic N) is 5. The summed E-state index contributed by atoms with van der Waals surface area (Å²) in [5.41, 5.74) is 1.81. The smallest absolute Gasteiger partial charge is 0.246 e. The first-order valence-corrected chi connectivity index (χ1v) is 10.1. The molecule has 0 aromatic carbocycles. The fourth-order valence-corrected chi connectivity index (χ4v) is 3.47. The van der Waals surface area contributed by atoms with E-state index in [1.165, 1.54) is 0 Å². The highest BCUT2D eigenvalue weighted by Gasteiger charge is 2.29. The summed E-state index contributed by atoms with van der Waals surface area (Å²) in [7, 11) is 3.97. The van der Waals surface area contributed by atoms with Gasteiger partial charge in [-0.2, -0.15) is 0 Å². The third-order valence-corrected chi connectivity index (χ3v) is 4.83. The van der Waals surface area contributed by atoms with Crippen molar-refractivity contribution < 1.29 is 4.79 Å². The Morgan fingerprint density at radius 1 is 1.17 bits per heavy atom. The quantitative estimate of drug-likeness (QED) is 0.757. The maximum absolute atomic E-state index is 12.8. The number of aryl methyl sites for hydroxylation is 2. The predicted octanol–water partition coefficient (Wildman–Crippen LogP) is 3.40. The Kier molecular flexibility index (Phi) is 6.93. The number of likely N-dealkylation sites (tertiary alicyclic amines) is 1. The Bertz CT molecular complexity index is 879. The van der Waals surface area contributed by atoms with E-state index < -0.39 is 0 Å². The largest absolute Gasteiger partial charge is 0.329 e. The molecule has 1 amide bonds. The number of piperidine rings is 1. The maximum Gasteiger partial charge on any atom is 0.246 e. The zero-order chi connectivity index (χ0) is 20.8. The van der Waals surface area contributed by atoms with Crippen molar-refractivity contribution in [1.29, 1.82) is 0 Å². The van der Waals surface area contributed by atoms with Crippen LogP contribution < -0.4 is 5.32 Å². The number of pyridine rings is 1. The molecule has 7 nitrogen and oxygen atoms in total. The van der Waals surface area contributed by atoms with E-state index in [0.29, 0.717) is 11.6 Å². The number of hydrogen-bond acceptors (Lipinski definition) is 6. The molecule has 0 bridgehead atoms. The Morgan fingerprint density at radius 3 is 2.76 bits per heavy atom. The Morgan fingerprint density at radius 2 is 2.00 bits per heavy atom. The van der Waals surface area contributed by atoms with E-state index in [9.17, 15) is 4.79 Å². The summed E-state index contributed by atoms with van der Waals surface area (Å²) in [6.45, 7) is 5.38. The van der Waals surface area contributed by atoms with Crippen molar-refractivity contribution in [2.45, 2.75) is 39.2 Å². The summed E-state index contributed by atoms with van der Waals surface area (Å²) in [6.07, 6.45) is 6.52. The SMILES string of the molecule is Cc1cccc(Nc2cc(C)nc(C3CCCCN3C(=O)C=CCN(C)C)n2)n1. The van der Waals surface area contributed by atoms with E-state index >= 15 is 0 Å². The Labute approximate surface area is 172 Å². The van der Waals surface area contributed by atoms with E-state index in [-0.39, 0.29) is 11.9 Å². The lowest BCUT2D eigenvalue weighted by Crippen LogP contribution is -2.38. The number of carbonyl (C=O) groups excluding carboxylic acids is 1. The molecule has 1 fully saturated rings. The van der Waals surface area contributed by atoms with Crippen LogP contribution in [-0.2, 0) is 4.79 Å². The van der Waals surface area contributed by atoms with Crippen molar-refractivity contribution in [3.05, 3.63) is 53.6 Å². The first kappa shape index (κ1) is 20.9. The average molecular weight is 395 g/mol. The summed E-state index contributed by atoms with van der Waals surface area (Å²) in [6, 6.07) is 7.62. The maximum atomic E-state index is 12.8. The fourth-order valence-electron chi connectivity index (χ4n) is 3.47. The molecule has 1 N–H and O–H groups in total. The van der Waals surface area contributed by atoms with Crippen LogP contribution in [0.2, 0.25) is 0 Å². The van der Waals surface area contributed by atoms with Crippen LogP contribution in [0.15, 0.2) is 36.4 Å². The zero-order valence-electron chi connectivity index (χ0n) is 17.7. The molecular formula is C22H30N6O. The molecule has 1 unspecified atom stereocenters. The van der Waals surface area contributed by atoms with Gasteiger partial charge in [0.05, 0.1) is 6.04 Å². The Balaban J connectivity index is 1.82. The second-order valence-corrected chi connectivity index (χ2v) is 7.75. The second-order valence-electron chi connectivity index (χ2n) is 7.75. The number of hydrogen-bond donors (Lipinski definition) is 1. The molecule has 1 saturated heterocycles. The molecule has 7 heteroatoms. The van der Waals surface area contributed by atoms with Gasteiger partial charge in [-0.15, -0.1) is 0 Å². The van der Waals surface area contributed by atoms with E-state index in [1.54, 1.807) is 6.08 Å². The molecule has 0 aliphatic carbocycles. The van der Waals surface area contributed by atoms with Gasteiger partial charge in [0.2, 0.25) is 5.91 Å². The molecule has 0 spiro atoms. The van der Waals surface area contributed by atoms with Crippen molar-refractivity contribution >= 4 is 17.5 Å². The van der Waals surface area contributed by atoms with Crippen molar-refractivity contribution in [3.8, 4) is 0 Å². The highest BCUT2D eigenvalue weighted by Crippen LogP contribution is 2.30. The summed E-state index contributed by atoms with van der Waals surface area (Å²) >= 11 is 0. The predicted molar refractivity (Wildman–Crippen MR) is 115 cm³/mol. The summed E-state index contributed by atoms with van der Waals surface area (Å²) < 4.78 is 0. The van der Waals surface area contributed by atoms with Crippen LogP contribution in [0.1, 0.15) is 42.5 Å². The van der Waals surface area contributed by atoms with Crippen molar-refractivity contribution in [2.24, 2.45) is 0 Å². The molecule has 2 aromatic heterocycles. The number of nitrogens with one attached hydrogen (secondary N) is 1. The molecule has 1 atom stereocenters. The number of likely N-dealkylation sites (N-methyl/N-ethyl adjacent to an activating group) is 1. The van der Waals surface area contributed by atoms with Gasteiger partial charge in [0.1, 0.15) is 11.6 Å². The van der Waals surface area contributed by atoms with Gasteiger partial charge in [0, 0.05) is 36.6 Å². The third kappa shape index (κ3) is 5.84. The van der Waals surface area contributed by atoms with Crippen LogP contribution in [0.3, 0.4) is 0 Å². The van der Waals surface area contributed by atoms with E-state index in [4.69, 9.17) is 4.98 Å². The minimum atomic E-state index is -0.105. The molecule has 2 aromatic rings. The number of rotatable bonds is 6. The van der Waals surface area contributed by atoms with Crippen LogP contribution >= 0.6 is 0 Å². The number of anilines is 2.